The molecule has 0 amide bonds. The van der Waals surface area contributed by atoms with Crippen molar-refractivity contribution in [3.05, 3.63) is 29.8 Å². The SMILES string of the molecule is CC(C)(O)CNS(=O)(=O)c1ccc(F)cc1F. The fourth-order valence-electron chi connectivity index (χ4n) is 1.04. The van der Waals surface area contributed by atoms with E-state index in [1.54, 1.807) is 0 Å². The van der Waals surface area contributed by atoms with E-state index in [-0.39, 0.29) is 6.54 Å². The van der Waals surface area contributed by atoms with Gasteiger partial charge in [-0.1, -0.05) is 0 Å². The summed E-state index contributed by atoms with van der Waals surface area (Å²) in [6, 6.07) is 2.16. The maximum atomic E-state index is 13.2. The molecule has 0 radical (unpaired) electrons. The molecule has 0 aliphatic carbocycles. The van der Waals surface area contributed by atoms with Crippen LogP contribution in [0.2, 0.25) is 0 Å². The molecule has 1 aromatic carbocycles. The number of sulfonamides is 1. The second-order valence-corrected chi connectivity index (χ2v) is 5.95. The molecule has 17 heavy (non-hydrogen) atoms. The highest BCUT2D eigenvalue weighted by atomic mass is 32.2. The lowest BCUT2D eigenvalue weighted by Gasteiger charge is -2.17. The predicted octanol–water partition coefficient (Wildman–Crippen LogP) is 1.01. The molecule has 0 saturated carbocycles. The molecule has 0 unspecified atom stereocenters. The minimum Gasteiger partial charge on any atom is -0.389 e. The van der Waals surface area contributed by atoms with Crippen LogP contribution in [-0.4, -0.2) is 25.7 Å². The average Bonchev–Trinajstić information content (AvgIpc) is 2.13. The minimum atomic E-state index is -4.09. The highest BCUT2D eigenvalue weighted by Gasteiger charge is 2.22. The lowest BCUT2D eigenvalue weighted by Crippen LogP contribution is -2.38. The first kappa shape index (κ1) is 14.0. The van der Waals surface area contributed by atoms with Gasteiger partial charge in [-0.2, -0.15) is 0 Å². The van der Waals surface area contributed by atoms with Gasteiger partial charge in [0.2, 0.25) is 10.0 Å². The Hall–Kier alpha value is -1.05. The Kier molecular flexibility index (Phi) is 3.85. The topological polar surface area (TPSA) is 66.4 Å². The number of hydrogen-bond donors (Lipinski definition) is 2. The summed E-state index contributed by atoms with van der Waals surface area (Å²) in [5.41, 5.74) is -1.26. The molecule has 1 aromatic rings. The van der Waals surface area contributed by atoms with E-state index < -0.39 is 32.2 Å². The Morgan fingerprint density at radius 2 is 1.94 bits per heavy atom. The van der Waals surface area contributed by atoms with Crippen molar-refractivity contribution in [1.82, 2.24) is 4.72 Å². The second kappa shape index (κ2) is 4.67. The van der Waals surface area contributed by atoms with E-state index >= 15 is 0 Å². The van der Waals surface area contributed by atoms with Crippen molar-refractivity contribution in [2.24, 2.45) is 0 Å². The van der Waals surface area contributed by atoms with Crippen LogP contribution in [0, 0.1) is 11.6 Å². The molecule has 7 heteroatoms. The van der Waals surface area contributed by atoms with Crippen LogP contribution in [0.5, 0.6) is 0 Å². The van der Waals surface area contributed by atoms with Crippen molar-refractivity contribution in [3.63, 3.8) is 0 Å². The summed E-state index contributed by atoms with van der Waals surface area (Å²) in [5, 5.41) is 9.36. The number of benzene rings is 1. The van der Waals surface area contributed by atoms with Crippen molar-refractivity contribution in [3.8, 4) is 0 Å². The summed E-state index contributed by atoms with van der Waals surface area (Å²) in [6.07, 6.45) is 0. The summed E-state index contributed by atoms with van der Waals surface area (Å²) >= 11 is 0. The molecule has 0 aliphatic heterocycles. The molecular formula is C10H13F2NO3S. The first-order chi connectivity index (χ1) is 7.62. The molecular weight excluding hydrogens is 252 g/mol. The minimum absolute atomic E-state index is 0.272. The second-order valence-electron chi connectivity index (χ2n) is 4.21. The van der Waals surface area contributed by atoms with E-state index in [4.69, 9.17) is 0 Å². The van der Waals surface area contributed by atoms with Crippen molar-refractivity contribution >= 4 is 10.0 Å². The number of nitrogens with one attached hydrogen (secondary N) is 1. The summed E-state index contributed by atoms with van der Waals surface area (Å²) in [5.74, 6) is -2.03. The van der Waals surface area contributed by atoms with Crippen LogP contribution in [0.15, 0.2) is 23.1 Å². The van der Waals surface area contributed by atoms with Gasteiger partial charge in [0.05, 0.1) is 5.60 Å². The number of hydrogen-bond acceptors (Lipinski definition) is 3. The highest BCUT2D eigenvalue weighted by Crippen LogP contribution is 2.15. The van der Waals surface area contributed by atoms with Gasteiger partial charge in [0, 0.05) is 12.6 Å². The van der Waals surface area contributed by atoms with Crippen LogP contribution >= 0.6 is 0 Å². The predicted molar refractivity (Wildman–Crippen MR) is 57.8 cm³/mol. The van der Waals surface area contributed by atoms with Crippen LogP contribution in [-0.2, 0) is 10.0 Å². The van der Waals surface area contributed by atoms with Crippen LogP contribution in [0.3, 0.4) is 0 Å². The summed E-state index contributed by atoms with van der Waals surface area (Å²) in [7, 11) is -4.09. The fourth-order valence-corrected chi connectivity index (χ4v) is 2.30. The molecule has 4 nitrogen and oxygen atoms in total. The van der Waals surface area contributed by atoms with E-state index in [0.717, 1.165) is 12.1 Å². The molecule has 0 atom stereocenters. The van der Waals surface area contributed by atoms with Gasteiger partial charge in [-0.25, -0.2) is 21.9 Å². The maximum absolute atomic E-state index is 13.2. The van der Waals surface area contributed by atoms with Crippen molar-refractivity contribution in [2.75, 3.05) is 6.54 Å². The van der Waals surface area contributed by atoms with Gasteiger partial charge in [0.15, 0.2) is 0 Å². The van der Waals surface area contributed by atoms with Gasteiger partial charge >= 0.3 is 0 Å². The molecule has 0 spiro atoms. The van der Waals surface area contributed by atoms with Crippen molar-refractivity contribution < 1.29 is 22.3 Å². The van der Waals surface area contributed by atoms with Gasteiger partial charge in [-0.15, -0.1) is 0 Å². The van der Waals surface area contributed by atoms with Crippen molar-refractivity contribution in [2.45, 2.75) is 24.3 Å². The molecule has 0 saturated heterocycles. The van der Waals surface area contributed by atoms with E-state index in [0.29, 0.717) is 6.07 Å². The molecule has 0 aromatic heterocycles. The quantitative estimate of drug-likeness (QED) is 0.854. The fraction of sp³-hybridized carbons (Fsp3) is 0.400. The van der Waals surface area contributed by atoms with Crippen LogP contribution in [0.1, 0.15) is 13.8 Å². The van der Waals surface area contributed by atoms with Gasteiger partial charge in [-0.05, 0) is 26.0 Å². The standard InChI is InChI=1S/C10H13F2NO3S/c1-10(2,14)6-13-17(15,16)9-4-3-7(11)5-8(9)12/h3-5,13-14H,6H2,1-2H3. The smallest absolute Gasteiger partial charge is 0.243 e. The zero-order valence-corrected chi connectivity index (χ0v) is 10.2. The van der Waals surface area contributed by atoms with Crippen LogP contribution in [0.25, 0.3) is 0 Å². The summed E-state index contributed by atoms with van der Waals surface area (Å²) in [4.78, 5) is -0.650. The largest absolute Gasteiger partial charge is 0.389 e. The normalized spacial score (nSPS) is 12.8. The monoisotopic (exact) mass is 265 g/mol. The highest BCUT2D eigenvalue weighted by molar-refractivity contribution is 7.89. The Balaban J connectivity index is 2.98. The van der Waals surface area contributed by atoms with E-state index in [2.05, 4.69) is 0 Å². The van der Waals surface area contributed by atoms with Gasteiger partial charge < -0.3 is 5.11 Å². The Labute approximate surface area is 98.3 Å². The number of halogens is 2. The average molecular weight is 265 g/mol. The van der Waals surface area contributed by atoms with Gasteiger partial charge in [-0.3, -0.25) is 0 Å². The molecule has 96 valence electrons. The van der Waals surface area contributed by atoms with Gasteiger partial charge in [0.25, 0.3) is 0 Å². The lowest BCUT2D eigenvalue weighted by molar-refractivity contribution is 0.0857. The maximum Gasteiger partial charge on any atom is 0.243 e. The third kappa shape index (κ3) is 4.03. The van der Waals surface area contributed by atoms with E-state index in [9.17, 15) is 22.3 Å². The Morgan fingerprint density at radius 1 is 1.35 bits per heavy atom. The first-order valence-electron chi connectivity index (χ1n) is 4.79. The Bertz CT molecular complexity index is 509. The van der Waals surface area contributed by atoms with Crippen LogP contribution in [0.4, 0.5) is 8.78 Å². The molecule has 1 rings (SSSR count). The molecule has 0 heterocycles. The van der Waals surface area contributed by atoms with E-state index in [1.807, 2.05) is 4.72 Å². The molecule has 0 bridgehead atoms. The van der Waals surface area contributed by atoms with Crippen molar-refractivity contribution in [1.29, 1.82) is 0 Å². The first-order valence-corrected chi connectivity index (χ1v) is 6.27. The third-order valence-corrected chi connectivity index (χ3v) is 3.31. The zero-order chi connectivity index (χ0) is 13.3. The molecule has 0 aliphatic rings. The third-order valence-electron chi connectivity index (χ3n) is 1.88. The lowest BCUT2D eigenvalue weighted by atomic mass is 10.1. The zero-order valence-electron chi connectivity index (χ0n) is 9.37. The number of aliphatic hydroxyl groups is 1. The number of rotatable bonds is 4. The Morgan fingerprint density at radius 3 is 2.41 bits per heavy atom. The van der Waals surface area contributed by atoms with Crippen LogP contribution < -0.4 is 4.72 Å². The summed E-state index contributed by atoms with van der Waals surface area (Å²) in [6.45, 7) is 2.53. The molecule has 0 fully saturated rings. The van der Waals surface area contributed by atoms with E-state index in [1.165, 1.54) is 13.8 Å². The van der Waals surface area contributed by atoms with Gasteiger partial charge in [0.1, 0.15) is 16.5 Å². The summed E-state index contributed by atoms with van der Waals surface area (Å²) < 4.78 is 51.1. The molecule has 2 N–H and O–H groups in total.